The molecule has 0 saturated carbocycles. The molecule has 7 heteroatoms. The van der Waals surface area contributed by atoms with Gasteiger partial charge in [-0.2, -0.15) is 0 Å². The summed E-state index contributed by atoms with van der Waals surface area (Å²) in [5.41, 5.74) is 7.17. The van der Waals surface area contributed by atoms with Crippen molar-refractivity contribution in [2.75, 3.05) is 36.5 Å². The van der Waals surface area contributed by atoms with Gasteiger partial charge in [-0.15, -0.1) is 0 Å². The second-order valence-corrected chi connectivity index (χ2v) is 7.60. The van der Waals surface area contributed by atoms with Crippen LogP contribution in [0.5, 0.6) is 0 Å². The molecule has 3 heterocycles. The lowest BCUT2D eigenvalue weighted by molar-refractivity contribution is -0.124. The summed E-state index contributed by atoms with van der Waals surface area (Å²) < 4.78 is 6.39. The Balaban J connectivity index is 1.53. The van der Waals surface area contributed by atoms with Crippen LogP contribution in [0.25, 0.3) is 10.2 Å². The molecule has 1 aromatic carbocycles. The first-order valence-electron chi connectivity index (χ1n) is 8.48. The summed E-state index contributed by atoms with van der Waals surface area (Å²) in [6.07, 6.45) is 3.58. The van der Waals surface area contributed by atoms with E-state index < -0.39 is 5.54 Å². The van der Waals surface area contributed by atoms with E-state index >= 15 is 0 Å². The summed E-state index contributed by atoms with van der Waals surface area (Å²) in [4.78, 5) is 19.6. The first-order chi connectivity index (χ1) is 11.6. The number of nitrogens with one attached hydrogen (secondary N) is 1. The smallest absolute Gasteiger partial charge is 0.244 e. The van der Waals surface area contributed by atoms with Crippen molar-refractivity contribution in [3.05, 3.63) is 18.2 Å². The van der Waals surface area contributed by atoms with Gasteiger partial charge in [-0.1, -0.05) is 11.3 Å². The van der Waals surface area contributed by atoms with Gasteiger partial charge in [-0.25, -0.2) is 4.98 Å². The molecule has 128 valence electrons. The van der Waals surface area contributed by atoms with Crippen molar-refractivity contribution in [3.8, 4) is 0 Å². The number of hydrogen-bond donors (Lipinski definition) is 2. The third-order valence-electron chi connectivity index (χ3n) is 4.85. The van der Waals surface area contributed by atoms with Gasteiger partial charge in [-0.3, -0.25) is 4.79 Å². The number of aromatic nitrogens is 1. The van der Waals surface area contributed by atoms with E-state index in [2.05, 4.69) is 10.2 Å². The minimum absolute atomic E-state index is 0.130. The molecule has 2 aliphatic rings. The predicted octanol–water partition coefficient (Wildman–Crippen LogP) is 2.34. The van der Waals surface area contributed by atoms with E-state index in [1.807, 2.05) is 18.2 Å². The van der Waals surface area contributed by atoms with Crippen LogP contribution in [-0.4, -0.2) is 42.7 Å². The van der Waals surface area contributed by atoms with Crippen molar-refractivity contribution in [1.29, 1.82) is 0 Å². The monoisotopic (exact) mass is 346 g/mol. The fraction of sp³-hybridized carbons (Fsp3) is 0.529. The number of fused-ring (bicyclic) bond motifs is 1. The summed E-state index contributed by atoms with van der Waals surface area (Å²) in [5.74, 6) is -0.130. The van der Waals surface area contributed by atoms with Crippen molar-refractivity contribution in [3.63, 3.8) is 0 Å². The fourth-order valence-corrected chi connectivity index (χ4v) is 4.31. The van der Waals surface area contributed by atoms with Crippen LogP contribution in [0.4, 0.5) is 10.8 Å². The summed E-state index contributed by atoms with van der Waals surface area (Å²) in [6, 6.07) is 5.86. The lowest BCUT2D eigenvalue weighted by Crippen LogP contribution is -2.54. The van der Waals surface area contributed by atoms with Crippen molar-refractivity contribution >= 4 is 38.3 Å². The van der Waals surface area contributed by atoms with E-state index in [0.717, 1.165) is 34.1 Å². The Hall–Kier alpha value is -1.70. The van der Waals surface area contributed by atoms with E-state index in [4.69, 9.17) is 15.5 Å². The van der Waals surface area contributed by atoms with Gasteiger partial charge in [-0.05, 0) is 43.9 Å². The summed E-state index contributed by atoms with van der Waals surface area (Å²) in [7, 11) is 0. The molecular formula is C17H22N4O2S. The van der Waals surface area contributed by atoms with Crippen LogP contribution in [0.15, 0.2) is 18.2 Å². The zero-order valence-corrected chi connectivity index (χ0v) is 14.4. The Kier molecular flexibility index (Phi) is 4.15. The number of nitrogens with zero attached hydrogens (tertiary/aromatic N) is 2. The molecule has 2 aliphatic heterocycles. The Morgan fingerprint density at radius 1 is 1.29 bits per heavy atom. The topological polar surface area (TPSA) is 80.5 Å². The first kappa shape index (κ1) is 15.8. The van der Waals surface area contributed by atoms with E-state index in [1.54, 1.807) is 11.3 Å². The molecule has 3 N–H and O–H groups in total. The molecule has 0 aliphatic carbocycles. The van der Waals surface area contributed by atoms with Crippen molar-refractivity contribution in [2.24, 2.45) is 5.73 Å². The van der Waals surface area contributed by atoms with Crippen LogP contribution < -0.4 is 16.0 Å². The maximum absolute atomic E-state index is 12.5. The summed E-state index contributed by atoms with van der Waals surface area (Å²) in [6.45, 7) is 3.25. The van der Waals surface area contributed by atoms with Gasteiger partial charge >= 0.3 is 0 Å². The average Bonchev–Trinajstić information content (AvgIpc) is 3.24. The normalized spacial score (nSPS) is 20.5. The Morgan fingerprint density at radius 2 is 2.04 bits per heavy atom. The minimum Gasteiger partial charge on any atom is -0.381 e. The average molecular weight is 346 g/mol. The highest BCUT2D eigenvalue weighted by atomic mass is 32.1. The molecule has 24 heavy (non-hydrogen) atoms. The molecule has 0 atom stereocenters. The van der Waals surface area contributed by atoms with Gasteiger partial charge in [0, 0.05) is 32.0 Å². The summed E-state index contributed by atoms with van der Waals surface area (Å²) >= 11 is 1.68. The zero-order chi connectivity index (χ0) is 16.6. The minimum atomic E-state index is -0.832. The van der Waals surface area contributed by atoms with Crippen LogP contribution in [0.2, 0.25) is 0 Å². The standard InChI is InChI=1S/C17H22N4O2S/c18-17(5-9-23-10-6-17)15(22)19-12-3-4-13-14(11-12)24-16(20-13)21-7-1-2-8-21/h3-4,11H,1-2,5-10,18H2,(H,19,22). The van der Waals surface area contributed by atoms with E-state index in [-0.39, 0.29) is 5.91 Å². The molecule has 2 aromatic rings. The highest BCUT2D eigenvalue weighted by Gasteiger charge is 2.35. The highest BCUT2D eigenvalue weighted by molar-refractivity contribution is 7.22. The molecule has 0 spiro atoms. The first-order valence-corrected chi connectivity index (χ1v) is 9.29. The van der Waals surface area contributed by atoms with Gasteiger partial charge in [0.2, 0.25) is 5.91 Å². The Labute approximate surface area is 145 Å². The maximum Gasteiger partial charge on any atom is 0.244 e. The van der Waals surface area contributed by atoms with Gasteiger partial charge < -0.3 is 20.7 Å². The maximum atomic E-state index is 12.5. The molecule has 2 fully saturated rings. The third-order valence-corrected chi connectivity index (χ3v) is 5.93. The molecular weight excluding hydrogens is 324 g/mol. The third kappa shape index (κ3) is 2.99. The Morgan fingerprint density at radius 3 is 2.79 bits per heavy atom. The Bertz CT molecular complexity index is 748. The predicted molar refractivity (Wildman–Crippen MR) is 96.7 cm³/mol. The van der Waals surface area contributed by atoms with Crippen LogP contribution in [0.3, 0.4) is 0 Å². The molecule has 4 rings (SSSR count). The number of carbonyl (C=O) groups excluding carboxylic acids is 1. The molecule has 1 aromatic heterocycles. The van der Waals surface area contributed by atoms with E-state index in [9.17, 15) is 4.79 Å². The number of nitrogens with two attached hydrogens (primary N) is 1. The number of carbonyl (C=O) groups is 1. The van der Waals surface area contributed by atoms with E-state index in [1.165, 1.54) is 12.8 Å². The second kappa shape index (κ2) is 6.31. The van der Waals surface area contributed by atoms with Crippen molar-refractivity contribution in [2.45, 2.75) is 31.2 Å². The second-order valence-electron chi connectivity index (χ2n) is 6.60. The van der Waals surface area contributed by atoms with Gasteiger partial charge in [0.25, 0.3) is 0 Å². The van der Waals surface area contributed by atoms with Crippen LogP contribution in [0, 0.1) is 0 Å². The molecule has 0 unspecified atom stereocenters. The van der Waals surface area contributed by atoms with Crippen LogP contribution in [0.1, 0.15) is 25.7 Å². The molecule has 1 amide bonds. The lowest BCUT2D eigenvalue weighted by atomic mass is 9.90. The quantitative estimate of drug-likeness (QED) is 0.892. The number of amides is 1. The van der Waals surface area contributed by atoms with Gasteiger partial charge in [0.05, 0.1) is 10.2 Å². The number of rotatable bonds is 3. The molecule has 6 nitrogen and oxygen atoms in total. The molecule has 2 saturated heterocycles. The SMILES string of the molecule is NC1(C(=O)Nc2ccc3nc(N4CCCC4)sc3c2)CCOCC1. The lowest BCUT2D eigenvalue weighted by Gasteiger charge is -2.31. The number of hydrogen-bond acceptors (Lipinski definition) is 6. The largest absolute Gasteiger partial charge is 0.381 e. The zero-order valence-electron chi connectivity index (χ0n) is 13.6. The van der Waals surface area contributed by atoms with Crippen molar-refractivity contribution < 1.29 is 9.53 Å². The number of thiazole rings is 1. The fourth-order valence-electron chi connectivity index (χ4n) is 3.25. The van der Waals surface area contributed by atoms with Crippen LogP contribution in [-0.2, 0) is 9.53 Å². The molecule has 0 radical (unpaired) electrons. The number of ether oxygens (including phenoxy) is 1. The highest BCUT2D eigenvalue weighted by Crippen LogP contribution is 2.32. The van der Waals surface area contributed by atoms with Crippen LogP contribution >= 0.6 is 11.3 Å². The van der Waals surface area contributed by atoms with Gasteiger partial charge in [0.1, 0.15) is 5.54 Å². The number of anilines is 2. The number of benzene rings is 1. The summed E-state index contributed by atoms with van der Waals surface area (Å²) in [5, 5.41) is 4.04. The van der Waals surface area contributed by atoms with Crippen molar-refractivity contribution in [1.82, 2.24) is 4.98 Å². The van der Waals surface area contributed by atoms with E-state index in [0.29, 0.717) is 26.1 Å². The van der Waals surface area contributed by atoms with Gasteiger partial charge in [0.15, 0.2) is 5.13 Å². The molecule has 0 bridgehead atoms.